The van der Waals surface area contributed by atoms with Crippen molar-refractivity contribution in [1.82, 2.24) is 0 Å². The van der Waals surface area contributed by atoms with Gasteiger partial charge in [0, 0.05) is 17.0 Å². The van der Waals surface area contributed by atoms with Crippen molar-refractivity contribution in [2.45, 2.75) is 13.8 Å². The molecule has 0 N–H and O–H groups in total. The first-order valence-electron chi connectivity index (χ1n) is 4.67. The van der Waals surface area contributed by atoms with Crippen LogP contribution in [0.5, 0.6) is 5.75 Å². The van der Waals surface area contributed by atoms with Gasteiger partial charge in [-0.2, -0.15) is 0 Å². The van der Waals surface area contributed by atoms with Gasteiger partial charge in [0.05, 0.1) is 0 Å². The lowest BCUT2D eigenvalue weighted by atomic mass is 10.1. The number of hydrogen-bond donors (Lipinski definition) is 0. The van der Waals surface area contributed by atoms with Gasteiger partial charge in [-0.05, 0) is 31.5 Å². The summed E-state index contributed by atoms with van der Waals surface area (Å²) in [7, 11) is -0.433. The average Bonchev–Trinajstić information content (AvgIpc) is 2.26. The molecule has 0 saturated heterocycles. The fourth-order valence-corrected chi connectivity index (χ4v) is 1.73. The molecule has 1 heterocycles. The summed E-state index contributed by atoms with van der Waals surface area (Å²) in [6.45, 7) is 3.59. The molecule has 0 aliphatic rings. The Morgan fingerprint density at radius 3 is 2.69 bits per heavy atom. The summed E-state index contributed by atoms with van der Waals surface area (Å²) in [5.41, 5.74) is 1.57. The molecule has 4 nitrogen and oxygen atoms in total. The van der Waals surface area contributed by atoms with Crippen LogP contribution in [0.1, 0.15) is 11.1 Å². The van der Waals surface area contributed by atoms with Gasteiger partial charge in [-0.3, -0.25) is 0 Å². The van der Waals surface area contributed by atoms with Crippen LogP contribution in [0.2, 0.25) is 0 Å². The summed E-state index contributed by atoms with van der Waals surface area (Å²) < 4.78 is 20.2. The third-order valence-corrected chi connectivity index (χ3v) is 2.86. The lowest BCUT2D eigenvalue weighted by Gasteiger charge is -2.04. The van der Waals surface area contributed by atoms with E-state index in [2.05, 4.69) is 0 Å². The molecule has 0 unspecified atom stereocenters. The summed E-state index contributed by atoms with van der Waals surface area (Å²) in [6, 6.07) is 5.01. The largest absolute Gasteiger partial charge is 0.422 e. The SMILES string of the molecule is Cc1c(C)c2ccc(OP=O)cc2oc1=O. The third kappa shape index (κ3) is 1.72. The van der Waals surface area contributed by atoms with Crippen molar-refractivity contribution in [3.05, 3.63) is 39.7 Å². The van der Waals surface area contributed by atoms with Gasteiger partial charge in [0.25, 0.3) is 0 Å². The average molecular weight is 236 g/mol. The van der Waals surface area contributed by atoms with E-state index in [1.807, 2.05) is 6.92 Å². The first kappa shape index (κ1) is 10.8. The number of benzene rings is 1. The van der Waals surface area contributed by atoms with Crippen LogP contribution in [-0.4, -0.2) is 0 Å². The van der Waals surface area contributed by atoms with Gasteiger partial charge in [-0.1, -0.05) is 0 Å². The van der Waals surface area contributed by atoms with Crippen LogP contribution < -0.4 is 10.1 Å². The van der Waals surface area contributed by atoms with E-state index in [1.165, 1.54) is 0 Å². The second kappa shape index (κ2) is 4.06. The molecular formula is C11H9O4P. The normalized spacial score (nSPS) is 10.9. The second-order valence-electron chi connectivity index (χ2n) is 3.46. The predicted octanol–water partition coefficient (Wildman–Crippen LogP) is 3.00. The zero-order chi connectivity index (χ0) is 11.7. The highest BCUT2D eigenvalue weighted by atomic mass is 31.1. The first-order valence-corrected chi connectivity index (χ1v) is 5.40. The smallest absolute Gasteiger partial charge is 0.395 e. The summed E-state index contributed by atoms with van der Waals surface area (Å²) in [5, 5.41) is 0.854. The zero-order valence-electron chi connectivity index (χ0n) is 8.81. The van der Waals surface area contributed by atoms with E-state index < -0.39 is 8.69 Å². The van der Waals surface area contributed by atoms with E-state index in [0.29, 0.717) is 16.9 Å². The van der Waals surface area contributed by atoms with Gasteiger partial charge < -0.3 is 8.94 Å². The first-order chi connectivity index (χ1) is 7.63. The van der Waals surface area contributed by atoms with Crippen molar-refractivity contribution in [2.75, 3.05) is 0 Å². The fourth-order valence-electron chi connectivity index (χ4n) is 1.53. The van der Waals surface area contributed by atoms with E-state index in [0.717, 1.165) is 10.9 Å². The van der Waals surface area contributed by atoms with Crippen LogP contribution in [-0.2, 0) is 4.57 Å². The van der Waals surface area contributed by atoms with Gasteiger partial charge >= 0.3 is 14.3 Å². The second-order valence-corrected chi connectivity index (χ2v) is 3.79. The Labute approximate surface area is 93.1 Å². The lowest BCUT2D eigenvalue weighted by molar-refractivity contribution is 0.522. The van der Waals surface area contributed by atoms with Crippen molar-refractivity contribution in [3.63, 3.8) is 0 Å². The predicted molar refractivity (Wildman–Crippen MR) is 60.2 cm³/mol. The molecule has 0 fully saturated rings. The molecule has 2 aromatic rings. The molecule has 0 amide bonds. The molecule has 82 valence electrons. The maximum absolute atomic E-state index is 11.5. The van der Waals surface area contributed by atoms with Gasteiger partial charge in [0.15, 0.2) is 0 Å². The van der Waals surface area contributed by atoms with Crippen molar-refractivity contribution in [2.24, 2.45) is 0 Å². The molecule has 0 radical (unpaired) electrons. The Bertz CT molecular complexity index is 615. The van der Waals surface area contributed by atoms with E-state index in [9.17, 15) is 9.36 Å². The standard InChI is InChI=1S/C11H9O4P/c1-6-7(2)11(12)14-10-5-8(15-16-13)3-4-9(6)10/h3-5H,1-2H3. The molecule has 1 aromatic carbocycles. The Balaban J connectivity index is 2.75. The van der Waals surface area contributed by atoms with Crippen molar-refractivity contribution in [3.8, 4) is 5.75 Å². The van der Waals surface area contributed by atoms with Crippen LogP contribution in [0.4, 0.5) is 0 Å². The Morgan fingerprint density at radius 1 is 1.25 bits per heavy atom. The minimum absolute atomic E-state index is 0.359. The Hall–Kier alpha value is -1.67. The number of fused-ring (bicyclic) bond motifs is 1. The molecule has 0 spiro atoms. The summed E-state index contributed by atoms with van der Waals surface area (Å²) in [5.74, 6) is 0.399. The van der Waals surface area contributed by atoms with Crippen molar-refractivity contribution < 1.29 is 13.5 Å². The van der Waals surface area contributed by atoms with Crippen LogP contribution in [0, 0.1) is 13.8 Å². The molecule has 0 aliphatic carbocycles. The van der Waals surface area contributed by atoms with Crippen molar-refractivity contribution >= 4 is 19.7 Å². The van der Waals surface area contributed by atoms with Crippen molar-refractivity contribution in [1.29, 1.82) is 0 Å². The molecule has 0 aliphatic heterocycles. The van der Waals surface area contributed by atoms with E-state index >= 15 is 0 Å². The number of aryl methyl sites for hydroxylation is 1. The van der Waals surface area contributed by atoms with Crippen LogP contribution in [0.15, 0.2) is 27.4 Å². The van der Waals surface area contributed by atoms with E-state index in [4.69, 9.17) is 8.94 Å². The Morgan fingerprint density at radius 2 is 2.00 bits per heavy atom. The monoisotopic (exact) mass is 236 g/mol. The molecule has 1 aromatic heterocycles. The Kier molecular flexibility index (Phi) is 2.75. The topological polar surface area (TPSA) is 56.5 Å². The molecule has 0 bridgehead atoms. The highest BCUT2D eigenvalue weighted by molar-refractivity contribution is 7.17. The summed E-state index contributed by atoms with van der Waals surface area (Å²) in [6.07, 6.45) is 0. The molecule has 0 saturated carbocycles. The summed E-state index contributed by atoms with van der Waals surface area (Å²) >= 11 is 0. The van der Waals surface area contributed by atoms with E-state index in [-0.39, 0.29) is 5.63 Å². The van der Waals surface area contributed by atoms with Crippen LogP contribution >= 0.6 is 8.69 Å². The number of hydrogen-bond acceptors (Lipinski definition) is 4. The number of rotatable bonds is 2. The minimum Gasteiger partial charge on any atom is -0.422 e. The highest BCUT2D eigenvalue weighted by Crippen LogP contribution is 2.25. The molecule has 2 rings (SSSR count). The quantitative estimate of drug-likeness (QED) is 0.594. The van der Waals surface area contributed by atoms with Gasteiger partial charge in [-0.15, -0.1) is 0 Å². The minimum atomic E-state index is -0.433. The molecular weight excluding hydrogens is 227 g/mol. The lowest BCUT2D eigenvalue weighted by Crippen LogP contribution is -2.05. The maximum atomic E-state index is 11.5. The maximum Gasteiger partial charge on any atom is 0.395 e. The van der Waals surface area contributed by atoms with E-state index in [1.54, 1.807) is 25.1 Å². The van der Waals surface area contributed by atoms with Gasteiger partial charge in [0.1, 0.15) is 11.3 Å². The van der Waals surface area contributed by atoms with Crippen LogP contribution in [0.25, 0.3) is 11.0 Å². The zero-order valence-corrected chi connectivity index (χ0v) is 9.71. The molecule has 0 atom stereocenters. The molecule has 16 heavy (non-hydrogen) atoms. The van der Waals surface area contributed by atoms with Gasteiger partial charge in [0.2, 0.25) is 0 Å². The molecule has 5 heteroatoms. The van der Waals surface area contributed by atoms with Crippen LogP contribution in [0.3, 0.4) is 0 Å². The summed E-state index contributed by atoms with van der Waals surface area (Å²) in [4.78, 5) is 11.5. The fraction of sp³-hybridized carbons (Fsp3) is 0.182. The third-order valence-electron chi connectivity index (χ3n) is 2.57. The van der Waals surface area contributed by atoms with Gasteiger partial charge in [-0.25, -0.2) is 9.36 Å². The highest BCUT2D eigenvalue weighted by Gasteiger charge is 2.08.